The van der Waals surface area contributed by atoms with Crippen molar-refractivity contribution in [3.05, 3.63) is 35.7 Å². The van der Waals surface area contributed by atoms with E-state index in [0.29, 0.717) is 13.0 Å². The van der Waals surface area contributed by atoms with Crippen molar-refractivity contribution in [2.45, 2.75) is 39.2 Å². The fourth-order valence-electron chi connectivity index (χ4n) is 5.00. The number of carbonyl (C=O) groups excluding carboxylic acids is 1. The molecule has 0 aliphatic carbocycles. The van der Waals surface area contributed by atoms with Gasteiger partial charge in [-0.1, -0.05) is 0 Å². The molecule has 0 aromatic carbocycles. The molecule has 0 unspecified atom stereocenters. The number of hydrogen-bond acceptors (Lipinski definition) is 5. The number of aryl methyl sites for hydroxylation is 1. The maximum absolute atomic E-state index is 12.7. The minimum Gasteiger partial charge on any atom is -0.396 e. The Morgan fingerprint density at radius 1 is 1.28 bits per heavy atom. The van der Waals surface area contributed by atoms with Crippen LogP contribution in [0.15, 0.2) is 18.7 Å². The molecule has 1 atom stereocenters. The number of piperidine rings is 2. The number of nitrogens with zero attached hydrogens (tertiary/aromatic N) is 5. The quantitative estimate of drug-likeness (QED) is 0.785. The molecule has 2 N–H and O–H groups in total. The summed E-state index contributed by atoms with van der Waals surface area (Å²) in [4.78, 5) is 24.1. The largest absolute Gasteiger partial charge is 0.396 e. The van der Waals surface area contributed by atoms with Crippen molar-refractivity contribution in [3.8, 4) is 0 Å². The van der Waals surface area contributed by atoms with Gasteiger partial charge in [0.15, 0.2) is 0 Å². The molecule has 0 bridgehead atoms. The Kier molecular flexibility index (Phi) is 5.74. The first-order chi connectivity index (χ1) is 14.0. The number of amides is 1. The zero-order valence-corrected chi connectivity index (χ0v) is 17.5. The highest BCUT2D eigenvalue weighted by Crippen LogP contribution is 2.45. The fourth-order valence-corrected chi connectivity index (χ4v) is 5.00. The third kappa shape index (κ3) is 4.09. The van der Waals surface area contributed by atoms with Crippen LogP contribution in [-0.2, 0) is 24.8 Å². The molecule has 8 nitrogen and oxygen atoms in total. The van der Waals surface area contributed by atoms with Gasteiger partial charge in [0.05, 0.1) is 18.9 Å². The van der Waals surface area contributed by atoms with E-state index in [1.165, 1.54) is 11.3 Å². The summed E-state index contributed by atoms with van der Waals surface area (Å²) in [6.45, 7) is 6.71. The van der Waals surface area contributed by atoms with Gasteiger partial charge < -0.3 is 15.0 Å². The van der Waals surface area contributed by atoms with Crippen molar-refractivity contribution in [3.63, 3.8) is 0 Å². The minimum absolute atomic E-state index is 0.118. The number of imidazole rings is 1. The van der Waals surface area contributed by atoms with E-state index in [1.54, 1.807) is 12.5 Å². The van der Waals surface area contributed by atoms with Crippen molar-refractivity contribution in [1.82, 2.24) is 29.5 Å². The summed E-state index contributed by atoms with van der Waals surface area (Å²) in [7, 11) is 1.98. The van der Waals surface area contributed by atoms with Gasteiger partial charge in [0.2, 0.25) is 5.91 Å². The first-order valence-electron chi connectivity index (χ1n) is 10.6. The van der Waals surface area contributed by atoms with Crippen LogP contribution in [0.2, 0.25) is 0 Å². The average molecular weight is 401 g/mol. The number of aliphatic hydroxyl groups is 1. The Bertz CT molecular complexity index is 822. The Morgan fingerprint density at radius 2 is 2.03 bits per heavy atom. The van der Waals surface area contributed by atoms with Crippen LogP contribution < -0.4 is 0 Å². The zero-order chi connectivity index (χ0) is 20.4. The number of H-pyrrole nitrogens is 1. The smallest absolute Gasteiger partial charge is 0.228 e. The second kappa shape index (κ2) is 8.28. The number of rotatable bonds is 5. The molecule has 2 aromatic heterocycles. The van der Waals surface area contributed by atoms with Crippen LogP contribution in [0.25, 0.3) is 0 Å². The monoisotopic (exact) mass is 400 g/mol. The first-order valence-corrected chi connectivity index (χ1v) is 10.6. The summed E-state index contributed by atoms with van der Waals surface area (Å²) < 4.78 is 1.93. The van der Waals surface area contributed by atoms with Gasteiger partial charge in [-0.05, 0) is 44.7 Å². The fraction of sp³-hybridized carbons (Fsp3) is 0.667. The van der Waals surface area contributed by atoms with E-state index < -0.39 is 0 Å². The van der Waals surface area contributed by atoms with Crippen LogP contribution in [0.5, 0.6) is 0 Å². The Labute approximate surface area is 171 Å². The number of hydrogen-bond donors (Lipinski definition) is 2. The van der Waals surface area contributed by atoms with Crippen molar-refractivity contribution < 1.29 is 9.90 Å². The number of carbonyl (C=O) groups is 1. The second-order valence-electron chi connectivity index (χ2n) is 8.74. The van der Waals surface area contributed by atoms with Gasteiger partial charge in [0, 0.05) is 62.4 Å². The normalized spacial score (nSPS) is 22.3. The molecule has 158 valence electrons. The molecule has 4 heterocycles. The van der Waals surface area contributed by atoms with Crippen LogP contribution in [0.1, 0.15) is 36.2 Å². The van der Waals surface area contributed by atoms with E-state index in [9.17, 15) is 9.90 Å². The Morgan fingerprint density at radius 3 is 2.66 bits per heavy atom. The summed E-state index contributed by atoms with van der Waals surface area (Å²) in [5.74, 6) is 0.274. The number of aromatic nitrogens is 4. The number of likely N-dealkylation sites (tertiary alicyclic amines) is 2. The molecule has 2 saturated heterocycles. The van der Waals surface area contributed by atoms with Crippen molar-refractivity contribution in [2.75, 3.05) is 32.8 Å². The van der Waals surface area contributed by atoms with E-state index in [1.807, 2.05) is 22.8 Å². The topological polar surface area (TPSA) is 90.3 Å². The Hall–Kier alpha value is -2.19. The van der Waals surface area contributed by atoms with Crippen LogP contribution in [0.3, 0.4) is 0 Å². The third-order valence-corrected chi connectivity index (χ3v) is 7.24. The van der Waals surface area contributed by atoms with Gasteiger partial charge in [0.1, 0.15) is 0 Å². The highest BCUT2D eigenvalue weighted by atomic mass is 16.3. The van der Waals surface area contributed by atoms with E-state index in [-0.39, 0.29) is 23.8 Å². The molecule has 2 aromatic rings. The third-order valence-electron chi connectivity index (χ3n) is 7.24. The molecular formula is C21H32N6O2. The molecular weight excluding hydrogens is 368 g/mol. The van der Waals surface area contributed by atoms with Crippen LogP contribution in [0.4, 0.5) is 0 Å². The maximum Gasteiger partial charge on any atom is 0.228 e. The van der Waals surface area contributed by atoms with Gasteiger partial charge in [-0.2, -0.15) is 5.10 Å². The van der Waals surface area contributed by atoms with Gasteiger partial charge >= 0.3 is 0 Å². The molecule has 2 aliphatic rings. The molecule has 2 aliphatic heterocycles. The van der Waals surface area contributed by atoms with Gasteiger partial charge in [0.25, 0.3) is 0 Å². The second-order valence-corrected chi connectivity index (χ2v) is 8.74. The molecule has 1 spiro atoms. The predicted molar refractivity (Wildman–Crippen MR) is 109 cm³/mol. The zero-order valence-electron chi connectivity index (χ0n) is 17.5. The highest BCUT2D eigenvalue weighted by Gasteiger charge is 2.45. The standard InChI is InChI=1S/C21H32N6O2/c1-16-17(10-24-25(16)2)12-26-6-3-21(4-7-26)5-8-27(13-18(21)14-28)20(29)9-19-11-22-15-23-19/h10-11,15,18,28H,3-9,12-14H2,1-2H3,(H,22,23)/t18-/m0/s1. The maximum atomic E-state index is 12.7. The van der Waals surface area contributed by atoms with Crippen molar-refractivity contribution in [2.24, 2.45) is 18.4 Å². The van der Waals surface area contributed by atoms with E-state index in [4.69, 9.17) is 0 Å². The van der Waals surface area contributed by atoms with Crippen molar-refractivity contribution in [1.29, 1.82) is 0 Å². The lowest BCUT2D eigenvalue weighted by molar-refractivity contribution is -0.137. The average Bonchev–Trinajstić information content (AvgIpc) is 3.35. The Balaban J connectivity index is 1.34. The molecule has 0 radical (unpaired) electrons. The van der Waals surface area contributed by atoms with Gasteiger partial charge in [-0.25, -0.2) is 4.98 Å². The lowest BCUT2D eigenvalue weighted by atomic mass is 9.64. The van der Waals surface area contributed by atoms with E-state index in [2.05, 4.69) is 26.9 Å². The first kappa shape index (κ1) is 20.1. The lowest BCUT2D eigenvalue weighted by Crippen LogP contribution is -2.54. The molecule has 29 heavy (non-hydrogen) atoms. The SMILES string of the molecule is Cc1c(CN2CCC3(CC2)CCN(C(=O)Cc2cnc[nH]2)C[C@H]3CO)cnn1C. The molecule has 8 heteroatoms. The summed E-state index contributed by atoms with van der Waals surface area (Å²) in [5.41, 5.74) is 3.51. The molecule has 4 rings (SSSR count). The predicted octanol–water partition coefficient (Wildman–Crippen LogP) is 1.12. The van der Waals surface area contributed by atoms with Gasteiger partial charge in [-0.3, -0.25) is 14.4 Å². The van der Waals surface area contributed by atoms with Crippen molar-refractivity contribution >= 4 is 5.91 Å². The molecule has 2 fully saturated rings. The number of aromatic amines is 1. The highest BCUT2D eigenvalue weighted by molar-refractivity contribution is 5.78. The van der Waals surface area contributed by atoms with E-state index in [0.717, 1.165) is 51.1 Å². The summed E-state index contributed by atoms with van der Waals surface area (Å²) in [6, 6.07) is 0. The molecule has 0 saturated carbocycles. The number of aliphatic hydroxyl groups excluding tert-OH is 1. The minimum atomic E-state index is 0.118. The van der Waals surface area contributed by atoms with Gasteiger partial charge in [-0.15, -0.1) is 0 Å². The van der Waals surface area contributed by atoms with E-state index >= 15 is 0 Å². The molecule has 1 amide bonds. The van der Waals surface area contributed by atoms with Crippen LogP contribution in [0, 0.1) is 18.3 Å². The van der Waals surface area contributed by atoms with Crippen LogP contribution >= 0.6 is 0 Å². The summed E-state index contributed by atoms with van der Waals surface area (Å²) in [5, 5.41) is 14.5. The summed E-state index contributed by atoms with van der Waals surface area (Å²) >= 11 is 0. The summed E-state index contributed by atoms with van der Waals surface area (Å²) in [6.07, 6.45) is 8.77. The lowest BCUT2D eigenvalue weighted by Gasteiger charge is -2.51. The number of nitrogens with one attached hydrogen (secondary N) is 1. The van der Waals surface area contributed by atoms with Crippen LogP contribution in [-0.4, -0.2) is 73.3 Å².